The smallest absolute Gasteiger partial charge is 0.214 e. The minimum absolute atomic E-state index is 0.241. The van der Waals surface area contributed by atoms with Crippen LogP contribution in [0.15, 0.2) is 34.8 Å². The Kier molecular flexibility index (Phi) is 5.42. The molecule has 5 nitrogen and oxygen atoms in total. The van der Waals surface area contributed by atoms with Gasteiger partial charge in [-0.05, 0) is 53.4 Å². The van der Waals surface area contributed by atoms with E-state index in [1.54, 1.807) is 4.31 Å². The molecule has 1 aromatic carbocycles. The third-order valence-corrected chi connectivity index (χ3v) is 7.05. The van der Waals surface area contributed by atoms with E-state index in [0.29, 0.717) is 19.5 Å². The van der Waals surface area contributed by atoms with Crippen molar-refractivity contribution in [3.63, 3.8) is 0 Å². The molecule has 2 heterocycles. The number of hydrogen-bond acceptors (Lipinski definition) is 4. The molecule has 0 spiro atoms. The van der Waals surface area contributed by atoms with Crippen LogP contribution in [0.2, 0.25) is 0 Å². The summed E-state index contributed by atoms with van der Waals surface area (Å²) >= 11 is 3.54. The molecule has 1 N–H and O–H groups in total. The number of rotatable bonds is 5. The van der Waals surface area contributed by atoms with E-state index < -0.39 is 10.0 Å². The number of nitrogens with one attached hydrogen (secondary N) is 1. The van der Waals surface area contributed by atoms with E-state index in [1.165, 1.54) is 0 Å². The molecule has 24 heavy (non-hydrogen) atoms. The summed E-state index contributed by atoms with van der Waals surface area (Å²) in [5.74, 6) is 1.08. The lowest BCUT2D eigenvalue weighted by atomic mass is 10.1. The SMILES string of the molecule is CCCS(=O)(=O)N1CCC(Nc2ccc3cccc(Br)c3n2)CC1. The molecule has 0 unspecified atom stereocenters. The van der Waals surface area contributed by atoms with E-state index in [9.17, 15) is 8.42 Å². The van der Waals surface area contributed by atoms with Crippen molar-refractivity contribution in [3.8, 4) is 0 Å². The van der Waals surface area contributed by atoms with Crippen molar-refractivity contribution in [2.45, 2.75) is 32.2 Å². The number of nitrogens with zero attached hydrogens (tertiary/aromatic N) is 2. The van der Waals surface area contributed by atoms with Gasteiger partial charge in [0.2, 0.25) is 10.0 Å². The van der Waals surface area contributed by atoms with Crippen LogP contribution in [0.3, 0.4) is 0 Å². The van der Waals surface area contributed by atoms with Crippen LogP contribution in [-0.4, -0.2) is 42.6 Å². The van der Waals surface area contributed by atoms with Crippen molar-refractivity contribution < 1.29 is 8.42 Å². The third kappa shape index (κ3) is 3.90. The van der Waals surface area contributed by atoms with Crippen molar-refractivity contribution >= 4 is 42.7 Å². The molecule has 0 bridgehead atoms. The van der Waals surface area contributed by atoms with Gasteiger partial charge in [-0.25, -0.2) is 17.7 Å². The van der Waals surface area contributed by atoms with Gasteiger partial charge in [0.15, 0.2) is 0 Å². The highest BCUT2D eigenvalue weighted by atomic mass is 79.9. The van der Waals surface area contributed by atoms with Gasteiger partial charge in [0, 0.05) is 29.0 Å². The summed E-state index contributed by atoms with van der Waals surface area (Å²) in [7, 11) is -3.08. The van der Waals surface area contributed by atoms with Crippen LogP contribution in [0.1, 0.15) is 26.2 Å². The number of benzene rings is 1. The number of piperidine rings is 1. The van der Waals surface area contributed by atoms with Gasteiger partial charge < -0.3 is 5.32 Å². The number of hydrogen-bond donors (Lipinski definition) is 1. The summed E-state index contributed by atoms with van der Waals surface area (Å²) in [6.45, 7) is 3.06. The van der Waals surface area contributed by atoms with E-state index in [-0.39, 0.29) is 11.8 Å². The Morgan fingerprint density at radius 2 is 2.00 bits per heavy atom. The minimum atomic E-state index is -3.08. The first-order chi connectivity index (χ1) is 11.5. The van der Waals surface area contributed by atoms with Crippen molar-refractivity contribution in [1.82, 2.24) is 9.29 Å². The summed E-state index contributed by atoms with van der Waals surface area (Å²) in [4.78, 5) is 4.68. The molecule has 3 rings (SSSR count). The van der Waals surface area contributed by atoms with Gasteiger partial charge in [-0.2, -0.15) is 0 Å². The number of halogens is 1. The maximum absolute atomic E-state index is 12.1. The molecular weight excluding hydrogens is 390 g/mol. The molecule has 1 saturated heterocycles. The molecular formula is C17H22BrN3O2S. The maximum atomic E-state index is 12.1. The fraction of sp³-hybridized carbons (Fsp3) is 0.471. The van der Waals surface area contributed by atoms with Gasteiger partial charge in [0.1, 0.15) is 5.82 Å². The van der Waals surface area contributed by atoms with Crippen LogP contribution in [0.4, 0.5) is 5.82 Å². The van der Waals surface area contributed by atoms with Crippen LogP contribution in [0.5, 0.6) is 0 Å². The van der Waals surface area contributed by atoms with E-state index in [0.717, 1.165) is 34.0 Å². The van der Waals surface area contributed by atoms with Gasteiger partial charge in [0.25, 0.3) is 0 Å². The van der Waals surface area contributed by atoms with Crippen LogP contribution in [0, 0.1) is 0 Å². The highest BCUT2D eigenvalue weighted by Gasteiger charge is 2.27. The topological polar surface area (TPSA) is 62.3 Å². The van der Waals surface area contributed by atoms with E-state index >= 15 is 0 Å². The lowest BCUT2D eigenvalue weighted by Gasteiger charge is -2.31. The largest absolute Gasteiger partial charge is 0.367 e. The van der Waals surface area contributed by atoms with Crippen molar-refractivity contribution in [1.29, 1.82) is 0 Å². The highest BCUT2D eigenvalue weighted by molar-refractivity contribution is 9.10. The molecule has 0 atom stereocenters. The summed E-state index contributed by atoms with van der Waals surface area (Å²) < 4.78 is 26.8. The number of fused-ring (bicyclic) bond motifs is 1. The van der Waals surface area contributed by atoms with Gasteiger partial charge >= 0.3 is 0 Å². The molecule has 0 saturated carbocycles. The number of para-hydroxylation sites is 1. The molecule has 0 aliphatic carbocycles. The second-order valence-electron chi connectivity index (χ2n) is 6.14. The van der Waals surface area contributed by atoms with E-state index in [1.807, 2.05) is 31.2 Å². The average Bonchev–Trinajstić information content (AvgIpc) is 2.56. The third-order valence-electron chi connectivity index (χ3n) is 4.33. The molecule has 7 heteroatoms. The number of pyridine rings is 1. The first kappa shape index (κ1) is 17.6. The second kappa shape index (κ2) is 7.37. The predicted octanol–water partition coefficient (Wildman–Crippen LogP) is 3.61. The van der Waals surface area contributed by atoms with Crippen molar-refractivity contribution in [2.24, 2.45) is 0 Å². The molecule has 130 valence electrons. The maximum Gasteiger partial charge on any atom is 0.214 e. The Morgan fingerprint density at radius 1 is 1.25 bits per heavy atom. The van der Waals surface area contributed by atoms with Crippen LogP contribution in [0.25, 0.3) is 10.9 Å². The fourth-order valence-electron chi connectivity index (χ4n) is 3.07. The zero-order valence-electron chi connectivity index (χ0n) is 13.7. The Bertz CT molecular complexity index is 818. The molecule has 1 aliphatic heterocycles. The lowest BCUT2D eigenvalue weighted by Crippen LogP contribution is -2.43. The molecule has 0 radical (unpaired) electrons. The minimum Gasteiger partial charge on any atom is -0.367 e. The van der Waals surface area contributed by atoms with E-state index in [4.69, 9.17) is 0 Å². The molecule has 0 amide bonds. The molecule has 1 aliphatic rings. The lowest BCUT2D eigenvalue weighted by molar-refractivity contribution is 0.329. The average molecular weight is 412 g/mol. The normalized spacial score (nSPS) is 17.2. The zero-order valence-corrected chi connectivity index (χ0v) is 16.1. The Balaban J connectivity index is 1.65. The van der Waals surface area contributed by atoms with Crippen LogP contribution >= 0.6 is 15.9 Å². The summed E-state index contributed by atoms with van der Waals surface area (Å²) in [6, 6.07) is 10.3. The first-order valence-corrected chi connectivity index (χ1v) is 10.7. The van der Waals surface area contributed by atoms with Gasteiger partial charge in [-0.15, -0.1) is 0 Å². The Hall–Kier alpha value is -1.18. The summed E-state index contributed by atoms with van der Waals surface area (Å²) in [6.07, 6.45) is 2.27. The summed E-state index contributed by atoms with van der Waals surface area (Å²) in [5, 5.41) is 4.54. The number of sulfonamides is 1. The molecule has 1 aromatic heterocycles. The quantitative estimate of drug-likeness (QED) is 0.815. The summed E-state index contributed by atoms with van der Waals surface area (Å²) in [5.41, 5.74) is 0.936. The number of anilines is 1. The Morgan fingerprint density at radius 3 is 2.71 bits per heavy atom. The molecule has 2 aromatic rings. The monoisotopic (exact) mass is 411 g/mol. The van der Waals surface area contributed by atoms with Crippen LogP contribution in [-0.2, 0) is 10.0 Å². The standard InChI is InChI=1S/C17H22BrN3O2S/c1-2-12-24(22,23)21-10-8-14(9-11-21)19-16-7-6-13-4-3-5-15(18)17(13)20-16/h3-7,14H,2,8-12H2,1H3,(H,19,20). The van der Waals surface area contributed by atoms with Gasteiger partial charge in [0.05, 0.1) is 11.3 Å². The van der Waals surface area contributed by atoms with Crippen molar-refractivity contribution in [3.05, 3.63) is 34.8 Å². The van der Waals surface area contributed by atoms with Crippen LogP contribution < -0.4 is 5.32 Å². The molecule has 1 fully saturated rings. The van der Waals surface area contributed by atoms with E-state index in [2.05, 4.69) is 32.3 Å². The van der Waals surface area contributed by atoms with Gasteiger partial charge in [-0.1, -0.05) is 19.1 Å². The first-order valence-electron chi connectivity index (χ1n) is 8.29. The highest BCUT2D eigenvalue weighted by Crippen LogP contribution is 2.25. The Labute approximate surface area is 151 Å². The number of aromatic nitrogens is 1. The van der Waals surface area contributed by atoms with Gasteiger partial charge in [-0.3, -0.25) is 0 Å². The predicted molar refractivity (Wildman–Crippen MR) is 102 cm³/mol. The zero-order chi connectivity index (χ0) is 17.2. The second-order valence-corrected chi connectivity index (χ2v) is 9.08. The fourth-order valence-corrected chi connectivity index (χ4v) is 5.08. The van der Waals surface area contributed by atoms with Crippen molar-refractivity contribution in [2.75, 3.05) is 24.2 Å².